The lowest BCUT2D eigenvalue weighted by molar-refractivity contribution is -0.121. The van der Waals surface area contributed by atoms with Crippen LogP contribution in [0, 0.1) is 0 Å². The number of amides is 1. The lowest BCUT2D eigenvalue weighted by atomic mass is 9.78. The van der Waals surface area contributed by atoms with Crippen LogP contribution >= 0.6 is 0 Å². The van der Waals surface area contributed by atoms with Gasteiger partial charge in [0.25, 0.3) is 0 Å². The van der Waals surface area contributed by atoms with E-state index in [9.17, 15) is 4.79 Å². The Hall–Kier alpha value is -0.570. The van der Waals surface area contributed by atoms with Crippen LogP contribution in [-0.4, -0.2) is 24.5 Å². The molecule has 1 atom stereocenters. The third-order valence-corrected chi connectivity index (χ3v) is 2.82. The van der Waals surface area contributed by atoms with Crippen molar-refractivity contribution in [2.75, 3.05) is 7.05 Å². The van der Waals surface area contributed by atoms with Gasteiger partial charge in [-0.15, -0.1) is 0 Å². The van der Waals surface area contributed by atoms with E-state index in [0.717, 1.165) is 0 Å². The smallest absolute Gasteiger partial charge is 0.221 e. The molecule has 0 radical (unpaired) electrons. The molecule has 1 aliphatic carbocycles. The first kappa shape index (κ1) is 10.5. The van der Waals surface area contributed by atoms with Crippen LogP contribution in [0.1, 0.15) is 39.5 Å². The number of carbonyl (C=O) groups is 1. The molecule has 0 heterocycles. The normalized spacial score (nSPS) is 21.8. The third-order valence-electron chi connectivity index (χ3n) is 2.82. The molecule has 1 amide bonds. The number of nitrogens with one attached hydrogen (secondary N) is 2. The molecule has 1 saturated carbocycles. The molecule has 76 valence electrons. The molecule has 1 rings (SSSR count). The molecular formula is C10H20N2O. The Balaban J connectivity index is 2.24. The van der Waals surface area contributed by atoms with Crippen LogP contribution in [0.2, 0.25) is 0 Å². The lowest BCUT2D eigenvalue weighted by Crippen LogP contribution is -2.52. The van der Waals surface area contributed by atoms with Crippen molar-refractivity contribution in [1.82, 2.24) is 10.6 Å². The quantitative estimate of drug-likeness (QED) is 0.685. The zero-order valence-corrected chi connectivity index (χ0v) is 8.81. The minimum Gasteiger partial charge on any atom is -0.359 e. The molecule has 0 aromatic carbocycles. The van der Waals surface area contributed by atoms with E-state index in [-0.39, 0.29) is 11.9 Å². The van der Waals surface area contributed by atoms with Gasteiger partial charge in [0.1, 0.15) is 0 Å². The van der Waals surface area contributed by atoms with Crippen molar-refractivity contribution >= 4 is 5.91 Å². The van der Waals surface area contributed by atoms with Crippen LogP contribution < -0.4 is 10.6 Å². The van der Waals surface area contributed by atoms with Crippen LogP contribution in [-0.2, 0) is 4.79 Å². The van der Waals surface area contributed by atoms with E-state index in [1.165, 1.54) is 19.3 Å². The number of hydrogen-bond acceptors (Lipinski definition) is 2. The van der Waals surface area contributed by atoms with Gasteiger partial charge in [-0.25, -0.2) is 0 Å². The maximum Gasteiger partial charge on any atom is 0.221 e. The van der Waals surface area contributed by atoms with Gasteiger partial charge in [-0.2, -0.15) is 0 Å². The van der Waals surface area contributed by atoms with Gasteiger partial charge in [-0.1, -0.05) is 0 Å². The van der Waals surface area contributed by atoms with E-state index in [1.807, 2.05) is 0 Å². The molecule has 0 saturated heterocycles. The summed E-state index contributed by atoms with van der Waals surface area (Å²) in [5.41, 5.74) is 0.299. The van der Waals surface area contributed by atoms with Crippen LogP contribution in [0.25, 0.3) is 0 Å². The van der Waals surface area contributed by atoms with E-state index < -0.39 is 0 Å². The highest BCUT2D eigenvalue weighted by Crippen LogP contribution is 2.31. The molecule has 0 aromatic heterocycles. The third kappa shape index (κ3) is 2.99. The van der Waals surface area contributed by atoms with Crippen molar-refractivity contribution in [3.05, 3.63) is 0 Å². The van der Waals surface area contributed by atoms with Gasteiger partial charge >= 0.3 is 0 Å². The van der Waals surface area contributed by atoms with Gasteiger partial charge in [0.2, 0.25) is 5.91 Å². The van der Waals surface area contributed by atoms with Crippen LogP contribution in [0.4, 0.5) is 0 Å². The van der Waals surface area contributed by atoms with E-state index in [4.69, 9.17) is 0 Å². The summed E-state index contributed by atoms with van der Waals surface area (Å²) in [5, 5.41) is 6.14. The Morgan fingerprint density at radius 2 is 2.15 bits per heavy atom. The average molecular weight is 184 g/mol. The number of hydrogen-bond donors (Lipinski definition) is 2. The molecule has 1 fully saturated rings. The lowest BCUT2D eigenvalue weighted by Gasteiger charge is -2.41. The first-order chi connectivity index (χ1) is 6.06. The number of carbonyl (C=O) groups excluding carboxylic acids is 1. The first-order valence-electron chi connectivity index (χ1n) is 5.04. The molecule has 1 aliphatic rings. The Labute approximate surface area is 80.3 Å². The molecule has 0 aromatic rings. The molecule has 3 nitrogen and oxygen atoms in total. The second-order valence-corrected chi connectivity index (χ2v) is 4.34. The maximum absolute atomic E-state index is 11.1. The van der Waals surface area contributed by atoms with Gasteiger partial charge in [-0.05, 0) is 33.1 Å². The second-order valence-electron chi connectivity index (χ2n) is 4.34. The van der Waals surface area contributed by atoms with Gasteiger partial charge in [0, 0.05) is 25.0 Å². The highest BCUT2D eigenvalue weighted by Gasteiger charge is 2.32. The topological polar surface area (TPSA) is 41.1 Å². The van der Waals surface area contributed by atoms with Gasteiger partial charge < -0.3 is 10.6 Å². The Morgan fingerprint density at radius 3 is 2.54 bits per heavy atom. The summed E-state index contributed by atoms with van der Waals surface area (Å²) in [5.74, 6) is 0.114. The fraction of sp³-hybridized carbons (Fsp3) is 0.900. The summed E-state index contributed by atoms with van der Waals surface area (Å²) in [7, 11) is 1.68. The minimum absolute atomic E-state index is 0.114. The van der Waals surface area contributed by atoms with E-state index in [0.29, 0.717) is 12.0 Å². The molecule has 3 heteroatoms. The monoisotopic (exact) mass is 184 g/mol. The second kappa shape index (κ2) is 4.09. The fourth-order valence-electron chi connectivity index (χ4n) is 1.88. The van der Waals surface area contributed by atoms with Gasteiger partial charge in [0.15, 0.2) is 0 Å². The summed E-state index contributed by atoms with van der Waals surface area (Å²) >= 11 is 0. The Morgan fingerprint density at radius 1 is 1.54 bits per heavy atom. The zero-order valence-electron chi connectivity index (χ0n) is 8.81. The van der Waals surface area contributed by atoms with Crippen LogP contribution in [0.5, 0.6) is 0 Å². The molecule has 0 spiro atoms. The molecule has 2 N–H and O–H groups in total. The molecule has 0 aliphatic heterocycles. The van der Waals surface area contributed by atoms with E-state index in [2.05, 4.69) is 24.5 Å². The highest BCUT2D eigenvalue weighted by molar-refractivity contribution is 5.76. The molecular weight excluding hydrogens is 164 g/mol. The van der Waals surface area contributed by atoms with Crippen molar-refractivity contribution in [3.8, 4) is 0 Å². The largest absolute Gasteiger partial charge is 0.359 e. The summed E-state index contributed by atoms with van der Waals surface area (Å²) in [4.78, 5) is 11.1. The standard InChI is InChI=1S/C10H20N2O/c1-8(7-9(13)11-3)12-10(2)5-4-6-10/h8,12H,4-7H2,1-3H3,(H,11,13). The number of rotatable bonds is 4. The Bertz CT molecular complexity index is 187. The summed E-state index contributed by atoms with van der Waals surface area (Å²) in [6.07, 6.45) is 4.37. The molecule has 13 heavy (non-hydrogen) atoms. The van der Waals surface area contributed by atoms with Crippen molar-refractivity contribution in [1.29, 1.82) is 0 Å². The van der Waals surface area contributed by atoms with Crippen molar-refractivity contribution in [3.63, 3.8) is 0 Å². The SMILES string of the molecule is CNC(=O)CC(C)NC1(C)CCC1. The average Bonchev–Trinajstić information content (AvgIpc) is 2.01. The van der Waals surface area contributed by atoms with Crippen LogP contribution in [0.3, 0.4) is 0 Å². The van der Waals surface area contributed by atoms with E-state index in [1.54, 1.807) is 7.05 Å². The summed E-state index contributed by atoms with van der Waals surface area (Å²) in [6.45, 7) is 4.30. The minimum atomic E-state index is 0.114. The predicted octanol–water partition coefficient (Wildman–Crippen LogP) is 1.04. The van der Waals surface area contributed by atoms with Gasteiger partial charge in [0.05, 0.1) is 0 Å². The molecule has 0 bridgehead atoms. The predicted molar refractivity (Wildman–Crippen MR) is 53.5 cm³/mol. The summed E-state index contributed by atoms with van der Waals surface area (Å²) < 4.78 is 0. The fourth-order valence-corrected chi connectivity index (χ4v) is 1.88. The van der Waals surface area contributed by atoms with Gasteiger partial charge in [-0.3, -0.25) is 4.79 Å². The highest BCUT2D eigenvalue weighted by atomic mass is 16.1. The van der Waals surface area contributed by atoms with E-state index >= 15 is 0 Å². The van der Waals surface area contributed by atoms with Crippen LogP contribution in [0.15, 0.2) is 0 Å². The molecule has 1 unspecified atom stereocenters. The Kier molecular flexibility index (Phi) is 3.31. The van der Waals surface area contributed by atoms with Crippen molar-refractivity contribution < 1.29 is 4.79 Å². The van der Waals surface area contributed by atoms with Crippen molar-refractivity contribution in [2.24, 2.45) is 0 Å². The zero-order chi connectivity index (χ0) is 9.90. The summed E-state index contributed by atoms with van der Waals surface area (Å²) in [6, 6.07) is 0.283. The first-order valence-corrected chi connectivity index (χ1v) is 5.04. The van der Waals surface area contributed by atoms with Crippen molar-refractivity contribution in [2.45, 2.75) is 51.1 Å². The maximum atomic E-state index is 11.1.